The fraction of sp³-hybridized carbons (Fsp3) is 0.381. The second-order valence-corrected chi connectivity index (χ2v) is 7.73. The molecular weight excluding hydrogens is 332 g/mol. The topological polar surface area (TPSA) is 32.3 Å². The van der Waals surface area contributed by atoms with Crippen molar-refractivity contribution in [3.05, 3.63) is 70.7 Å². The van der Waals surface area contributed by atoms with Crippen LogP contribution in [-0.4, -0.2) is 24.0 Å². The van der Waals surface area contributed by atoms with Gasteiger partial charge in [0, 0.05) is 24.7 Å². The molecule has 1 heterocycles. The smallest absolute Gasteiger partial charge is 0.317 e. The van der Waals surface area contributed by atoms with Crippen LogP contribution in [0.25, 0.3) is 0 Å². The van der Waals surface area contributed by atoms with Crippen molar-refractivity contribution < 1.29 is 4.79 Å². The molecule has 0 bridgehead atoms. The molecule has 2 aromatic carbocycles. The number of halogens is 1. The first-order valence-corrected chi connectivity index (χ1v) is 9.39. The van der Waals surface area contributed by atoms with Crippen LogP contribution in [0, 0.1) is 11.8 Å². The average Bonchev–Trinajstić information content (AvgIpc) is 3.21. The van der Waals surface area contributed by atoms with Gasteiger partial charge in [0.1, 0.15) is 0 Å². The Labute approximate surface area is 154 Å². The summed E-state index contributed by atoms with van der Waals surface area (Å²) in [5, 5.41) is 3.75. The number of nitrogens with zero attached hydrogens (tertiary/aromatic N) is 1. The van der Waals surface area contributed by atoms with Gasteiger partial charge in [0.15, 0.2) is 0 Å². The van der Waals surface area contributed by atoms with Gasteiger partial charge in [-0.15, -0.1) is 0 Å². The maximum Gasteiger partial charge on any atom is 0.317 e. The lowest BCUT2D eigenvalue weighted by molar-refractivity contribution is 0.204. The van der Waals surface area contributed by atoms with Crippen LogP contribution < -0.4 is 5.32 Å². The maximum atomic E-state index is 12.5. The maximum absolute atomic E-state index is 12.5. The van der Waals surface area contributed by atoms with Crippen molar-refractivity contribution in [2.75, 3.05) is 13.1 Å². The molecule has 2 aliphatic rings. The number of rotatable bonds is 3. The zero-order valence-electron chi connectivity index (χ0n) is 14.2. The lowest BCUT2D eigenvalue weighted by Crippen LogP contribution is -2.38. The van der Waals surface area contributed by atoms with Crippen LogP contribution >= 0.6 is 11.6 Å². The first-order valence-electron chi connectivity index (χ1n) is 9.01. The van der Waals surface area contributed by atoms with Crippen LogP contribution in [0.2, 0.25) is 5.02 Å². The van der Waals surface area contributed by atoms with E-state index in [9.17, 15) is 4.79 Å². The third-order valence-electron chi connectivity index (χ3n) is 5.67. The second-order valence-electron chi connectivity index (χ2n) is 7.29. The van der Waals surface area contributed by atoms with Crippen molar-refractivity contribution in [3.63, 3.8) is 0 Å². The predicted molar refractivity (Wildman–Crippen MR) is 101 cm³/mol. The zero-order valence-corrected chi connectivity index (χ0v) is 15.0. The Morgan fingerprint density at radius 3 is 2.28 bits per heavy atom. The molecule has 1 aliphatic heterocycles. The van der Waals surface area contributed by atoms with Crippen molar-refractivity contribution in [3.8, 4) is 0 Å². The fourth-order valence-electron chi connectivity index (χ4n) is 4.35. The predicted octanol–water partition coefficient (Wildman–Crippen LogP) is 4.68. The van der Waals surface area contributed by atoms with Crippen LogP contribution in [0.3, 0.4) is 0 Å². The van der Waals surface area contributed by atoms with Crippen LogP contribution in [0.15, 0.2) is 54.6 Å². The highest BCUT2D eigenvalue weighted by molar-refractivity contribution is 6.30. The zero-order chi connectivity index (χ0) is 17.2. The Balaban J connectivity index is 1.29. The van der Waals surface area contributed by atoms with E-state index in [1.54, 1.807) is 0 Å². The molecule has 0 aromatic heterocycles. The van der Waals surface area contributed by atoms with Crippen molar-refractivity contribution in [1.29, 1.82) is 0 Å². The minimum absolute atomic E-state index is 0.0561. The number of urea groups is 1. The first kappa shape index (κ1) is 16.5. The Morgan fingerprint density at radius 2 is 1.64 bits per heavy atom. The highest BCUT2D eigenvalue weighted by Crippen LogP contribution is 2.46. The summed E-state index contributed by atoms with van der Waals surface area (Å²) in [5.41, 5.74) is 2.52. The monoisotopic (exact) mass is 354 g/mol. The highest BCUT2D eigenvalue weighted by atomic mass is 35.5. The summed E-state index contributed by atoms with van der Waals surface area (Å²) in [6.07, 6.45) is 2.41. The Hall–Kier alpha value is -2.00. The number of hydrogen-bond acceptors (Lipinski definition) is 1. The third-order valence-corrected chi connectivity index (χ3v) is 5.92. The first-order chi connectivity index (χ1) is 12.2. The molecule has 1 saturated heterocycles. The Kier molecular flexibility index (Phi) is 4.67. The molecule has 2 aromatic rings. The minimum atomic E-state index is 0.0561. The van der Waals surface area contributed by atoms with Crippen LogP contribution in [-0.2, 0) is 6.54 Å². The number of likely N-dealkylation sites (tertiary alicyclic amines) is 1. The Morgan fingerprint density at radius 1 is 1.00 bits per heavy atom. The second kappa shape index (κ2) is 7.09. The largest absolute Gasteiger partial charge is 0.334 e. The van der Waals surface area contributed by atoms with Gasteiger partial charge in [0.25, 0.3) is 0 Å². The van der Waals surface area contributed by atoms with Gasteiger partial charge in [-0.25, -0.2) is 4.79 Å². The molecule has 0 spiro atoms. The van der Waals surface area contributed by atoms with Crippen molar-refractivity contribution >= 4 is 17.6 Å². The van der Waals surface area contributed by atoms with Gasteiger partial charge in [-0.05, 0) is 53.9 Å². The van der Waals surface area contributed by atoms with E-state index in [2.05, 4.69) is 35.6 Å². The fourth-order valence-corrected chi connectivity index (χ4v) is 4.48. The lowest BCUT2D eigenvalue weighted by atomic mass is 9.96. The number of carbonyl (C=O) groups is 1. The SMILES string of the molecule is O=C(NCc1ccc(Cl)cc1)N1C[C@H]2C[C@@H](c3ccccc3)C[C@H]2C1. The molecule has 2 amide bonds. The quantitative estimate of drug-likeness (QED) is 0.853. The molecule has 1 saturated carbocycles. The van der Waals surface area contributed by atoms with E-state index < -0.39 is 0 Å². The van der Waals surface area contributed by atoms with Gasteiger partial charge in [0.2, 0.25) is 0 Å². The number of amides is 2. The molecule has 3 nitrogen and oxygen atoms in total. The molecule has 25 heavy (non-hydrogen) atoms. The van der Waals surface area contributed by atoms with E-state index >= 15 is 0 Å². The Bertz CT molecular complexity index is 717. The molecule has 0 unspecified atom stereocenters. The van der Waals surface area contributed by atoms with E-state index in [1.165, 1.54) is 18.4 Å². The van der Waals surface area contributed by atoms with Gasteiger partial charge >= 0.3 is 6.03 Å². The van der Waals surface area contributed by atoms with Gasteiger partial charge in [-0.2, -0.15) is 0 Å². The van der Waals surface area contributed by atoms with Crippen LogP contribution in [0.4, 0.5) is 4.79 Å². The number of nitrogens with one attached hydrogen (secondary N) is 1. The van der Waals surface area contributed by atoms with Gasteiger partial charge in [-0.1, -0.05) is 54.1 Å². The summed E-state index contributed by atoms with van der Waals surface area (Å²) in [5.74, 6) is 1.95. The summed E-state index contributed by atoms with van der Waals surface area (Å²) in [4.78, 5) is 14.4. The summed E-state index contributed by atoms with van der Waals surface area (Å²) in [7, 11) is 0. The van der Waals surface area contributed by atoms with Gasteiger partial charge in [-0.3, -0.25) is 0 Å². The molecule has 2 fully saturated rings. The standard InChI is InChI=1S/C21H23ClN2O/c22-20-8-6-15(7-9-20)12-23-21(25)24-13-18-10-17(11-19(18)14-24)16-4-2-1-3-5-16/h1-9,17-19H,10-14H2,(H,23,25)/t17-,18-,19+. The van der Waals surface area contributed by atoms with Crippen LogP contribution in [0.5, 0.6) is 0 Å². The number of fused-ring (bicyclic) bond motifs is 1. The lowest BCUT2D eigenvalue weighted by Gasteiger charge is -2.20. The molecule has 1 N–H and O–H groups in total. The third kappa shape index (κ3) is 3.67. The molecule has 4 rings (SSSR count). The van der Waals surface area contributed by atoms with E-state index in [0.717, 1.165) is 23.7 Å². The summed E-state index contributed by atoms with van der Waals surface area (Å²) < 4.78 is 0. The van der Waals surface area contributed by atoms with Crippen molar-refractivity contribution in [1.82, 2.24) is 10.2 Å². The summed E-state index contributed by atoms with van der Waals surface area (Å²) in [6.45, 7) is 2.33. The van der Waals surface area contributed by atoms with Crippen LogP contribution in [0.1, 0.15) is 29.9 Å². The van der Waals surface area contributed by atoms with E-state index in [-0.39, 0.29) is 6.03 Å². The number of benzene rings is 2. The molecule has 4 heteroatoms. The van der Waals surface area contributed by atoms with E-state index in [0.29, 0.717) is 24.3 Å². The van der Waals surface area contributed by atoms with Gasteiger partial charge < -0.3 is 10.2 Å². The molecule has 0 radical (unpaired) electrons. The average molecular weight is 355 g/mol. The molecule has 130 valence electrons. The van der Waals surface area contributed by atoms with Gasteiger partial charge in [0.05, 0.1) is 0 Å². The summed E-state index contributed by atoms with van der Waals surface area (Å²) >= 11 is 5.89. The number of hydrogen-bond donors (Lipinski definition) is 1. The summed E-state index contributed by atoms with van der Waals surface area (Å²) in [6, 6.07) is 18.5. The van der Waals surface area contributed by atoms with Crippen molar-refractivity contribution in [2.24, 2.45) is 11.8 Å². The van der Waals surface area contributed by atoms with Crippen molar-refractivity contribution in [2.45, 2.75) is 25.3 Å². The molecular formula is C21H23ClN2O. The normalized spacial score (nSPS) is 25.0. The minimum Gasteiger partial charge on any atom is -0.334 e. The van der Waals surface area contributed by atoms with E-state index in [1.807, 2.05) is 29.2 Å². The van der Waals surface area contributed by atoms with E-state index in [4.69, 9.17) is 11.6 Å². The molecule has 3 atom stereocenters. The highest BCUT2D eigenvalue weighted by Gasteiger charge is 2.42. The molecule has 1 aliphatic carbocycles. The number of carbonyl (C=O) groups excluding carboxylic acids is 1.